The molecule has 22 heavy (non-hydrogen) atoms. The molecule has 1 saturated carbocycles. The van der Waals surface area contributed by atoms with E-state index in [-0.39, 0.29) is 29.9 Å². The van der Waals surface area contributed by atoms with E-state index in [4.69, 9.17) is 0 Å². The summed E-state index contributed by atoms with van der Waals surface area (Å²) in [7, 11) is -2.80. The van der Waals surface area contributed by atoms with E-state index < -0.39 is 9.84 Å². The Morgan fingerprint density at radius 3 is 2.64 bits per heavy atom. The highest BCUT2D eigenvalue weighted by atomic mass is 127. The van der Waals surface area contributed by atoms with Crippen LogP contribution in [0.3, 0.4) is 0 Å². The number of aliphatic imine (C=N–C) groups is 1. The number of rotatable bonds is 4. The zero-order valence-corrected chi connectivity index (χ0v) is 16.8. The van der Waals surface area contributed by atoms with Gasteiger partial charge in [0.25, 0.3) is 0 Å². The van der Waals surface area contributed by atoms with E-state index in [0.29, 0.717) is 24.1 Å². The molecule has 2 aliphatic rings. The van der Waals surface area contributed by atoms with Crippen molar-refractivity contribution in [1.29, 1.82) is 0 Å². The van der Waals surface area contributed by atoms with Gasteiger partial charge in [-0.15, -0.1) is 24.0 Å². The average molecular weight is 443 g/mol. The maximum absolute atomic E-state index is 11.5. The van der Waals surface area contributed by atoms with Crippen molar-refractivity contribution in [1.82, 2.24) is 10.6 Å². The minimum Gasteiger partial charge on any atom is -0.357 e. The molecule has 0 amide bonds. The van der Waals surface area contributed by atoms with E-state index in [9.17, 15) is 8.42 Å². The van der Waals surface area contributed by atoms with Crippen LogP contribution in [0.2, 0.25) is 0 Å². The number of nitrogens with one attached hydrogen (secondary N) is 2. The molecule has 7 heteroatoms. The molecular formula is C15H30IN3O2S. The molecular weight excluding hydrogens is 413 g/mol. The molecule has 3 unspecified atom stereocenters. The second-order valence-electron chi connectivity index (χ2n) is 6.60. The van der Waals surface area contributed by atoms with Gasteiger partial charge in [-0.25, -0.2) is 8.42 Å². The van der Waals surface area contributed by atoms with Gasteiger partial charge in [-0.05, 0) is 38.0 Å². The normalized spacial score (nSPS) is 31.4. The molecule has 1 saturated heterocycles. The van der Waals surface area contributed by atoms with Gasteiger partial charge in [-0.2, -0.15) is 0 Å². The largest absolute Gasteiger partial charge is 0.357 e. The highest BCUT2D eigenvalue weighted by Gasteiger charge is 2.27. The fraction of sp³-hybridized carbons (Fsp3) is 0.933. The van der Waals surface area contributed by atoms with Crippen LogP contribution in [-0.4, -0.2) is 45.0 Å². The Hall–Kier alpha value is -0.0500. The van der Waals surface area contributed by atoms with E-state index in [1.54, 1.807) is 0 Å². The van der Waals surface area contributed by atoms with Crippen LogP contribution in [-0.2, 0) is 9.84 Å². The first-order valence-corrected chi connectivity index (χ1v) is 10.1. The second-order valence-corrected chi connectivity index (χ2v) is 8.83. The molecule has 0 aromatic heterocycles. The summed E-state index contributed by atoms with van der Waals surface area (Å²) in [5.41, 5.74) is 0. The molecule has 1 aliphatic heterocycles. The van der Waals surface area contributed by atoms with E-state index in [2.05, 4.69) is 29.5 Å². The van der Waals surface area contributed by atoms with Gasteiger partial charge in [0, 0.05) is 19.1 Å². The number of nitrogens with zero attached hydrogens (tertiary/aromatic N) is 1. The molecule has 0 spiro atoms. The molecule has 1 aliphatic carbocycles. The van der Waals surface area contributed by atoms with Crippen LogP contribution in [0.5, 0.6) is 0 Å². The van der Waals surface area contributed by atoms with Gasteiger partial charge in [0.15, 0.2) is 15.8 Å². The van der Waals surface area contributed by atoms with Crippen molar-refractivity contribution < 1.29 is 8.42 Å². The first-order valence-electron chi connectivity index (χ1n) is 8.23. The monoisotopic (exact) mass is 443 g/mol. The third-order valence-electron chi connectivity index (χ3n) is 4.46. The highest BCUT2D eigenvalue weighted by molar-refractivity contribution is 14.0. The SMILES string of the molecule is CCNC(=NCC1CCS(=O)(=O)C1)NC1CCCC(C)C1.I. The first kappa shape index (κ1) is 20.0. The summed E-state index contributed by atoms with van der Waals surface area (Å²) in [4.78, 5) is 4.61. The number of sulfone groups is 1. The van der Waals surface area contributed by atoms with Crippen molar-refractivity contribution in [2.24, 2.45) is 16.8 Å². The van der Waals surface area contributed by atoms with Crippen LogP contribution in [0.25, 0.3) is 0 Å². The zero-order chi connectivity index (χ0) is 15.3. The van der Waals surface area contributed by atoms with Crippen molar-refractivity contribution in [2.75, 3.05) is 24.6 Å². The highest BCUT2D eigenvalue weighted by Crippen LogP contribution is 2.23. The summed E-state index contributed by atoms with van der Waals surface area (Å²) in [6.45, 7) is 5.80. The summed E-state index contributed by atoms with van der Waals surface area (Å²) < 4.78 is 23.0. The number of halogens is 1. The molecule has 0 bridgehead atoms. The molecule has 2 N–H and O–H groups in total. The molecule has 2 rings (SSSR count). The van der Waals surface area contributed by atoms with Crippen molar-refractivity contribution in [2.45, 2.75) is 52.0 Å². The molecule has 0 radical (unpaired) electrons. The second kappa shape index (κ2) is 9.30. The molecule has 0 aromatic rings. The van der Waals surface area contributed by atoms with Gasteiger partial charge in [-0.1, -0.05) is 19.8 Å². The third-order valence-corrected chi connectivity index (χ3v) is 6.29. The Morgan fingerprint density at radius 1 is 1.27 bits per heavy atom. The maximum atomic E-state index is 11.5. The predicted molar refractivity (Wildman–Crippen MR) is 103 cm³/mol. The number of hydrogen-bond acceptors (Lipinski definition) is 3. The van der Waals surface area contributed by atoms with Crippen LogP contribution in [0.15, 0.2) is 4.99 Å². The van der Waals surface area contributed by atoms with E-state index >= 15 is 0 Å². The quantitative estimate of drug-likeness (QED) is 0.397. The standard InChI is InChI=1S/C15H29N3O2S.HI/c1-3-16-15(18-14-6-4-5-12(2)9-14)17-10-13-7-8-21(19,20)11-13;/h12-14H,3-11H2,1-2H3,(H2,16,17,18);1H. The lowest BCUT2D eigenvalue weighted by Gasteiger charge is -2.29. The van der Waals surface area contributed by atoms with E-state index in [1.165, 1.54) is 25.7 Å². The van der Waals surface area contributed by atoms with Gasteiger partial charge in [0.2, 0.25) is 0 Å². The van der Waals surface area contributed by atoms with Crippen molar-refractivity contribution in [3.8, 4) is 0 Å². The van der Waals surface area contributed by atoms with Gasteiger partial charge in [0.05, 0.1) is 11.5 Å². The molecule has 2 fully saturated rings. The van der Waals surface area contributed by atoms with Crippen LogP contribution in [0.4, 0.5) is 0 Å². The van der Waals surface area contributed by atoms with Gasteiger partial charge in [0.1, 0.15) is 0 Å². The lowest BCUT2D eigenvalue weighted by molar-refractivity contribution is 0.324. The van der Waals surface area contributed by atoms with Gasteiger partial charge >= 0.3 is 0 Å². The van der Waals surface area contributed by atoms with Crippen LogP contribution in [0.1, 0.15) is 46.0 Å². The fourth-order valence-corrected chi connectivity index (χ4v) is 5.16. The summed E-state index contributed by atoms with van der Waals surface area (Å²) in [6, 6.07) is 0.499. The third kappa shape index (κ3) is 6.60. The number of guanidine groups is 1. The Kier molecular flexibility index (Phi) is 8.45. The Balaban J connectivity index is 0.00000242. The summed E-state index contributed by atoms with van der Waals surface area (Å²) in [6.07, 6.45) is 5.76. The summed E-state index contributed by atoms with van der Waals surface area (Å²) in [5.74, 6) is 2.45. The summed E-state index contributed by atoms with van der Waals surface area (Å²) >= 11 is 0. The van der Waals surface area contributed by atoms with Gasteiger partial charge in [-0.3, -0.25) is 4.99 Å². The number of hydrogen-bond donors (Lipinski definition) is 2. The van der Waals surface area contributed by atoms with Gasteiger partial charge < -0.3 is 10.6 Å². The van der Waals surface area contributed by atoms with Crippen LogP contribution in [0, 0.1) is 11.8 Å². The molecule has 0 aromatic carbocycles. The van der Waals surface area contributed by atoms with E-state index in [0.717, 1.165) is 24.8 Å². The molecule has 130 valence electrons. The van der Waals surface area contributed by atoms with Crippen molar-refractivity contribution in [3.63, 3.8) is 0 Å². The lowest BCUT2D eigenvalue weighted by Crippen LogP contribution is -2.45. The first-order chi connectivity index (χ1) is 9.98. The fourth-order valence-electron chi connectivity index (χ4n) is 3.31. The Labute approximate surface area is 152 Å². The Bertz CT molecular complexity index is 467. The smallest absolute Gasteiger partial charge is 0.191 e. The van der Waals surface area contributed by atoms with Crippen LogP contribution < -0.4 is 10.6 Å². The molecule has 3 atom stereocenters. The van der Waals surface area contributed by atoms with Crippen molar-refractivity contribution in [3.05, 3.63) is 0 Å². The molecule has 5 nitrogen and oxygen atoms in total. The average Bonchev–Trinajstić information content (AvgIpc) is 2.76. The Morgan fingerprint density at radius 2 is 2.05 bits per heavy atom. The summed E-state index contributed by atoms with van der Waals surface area (Å²) in [5, 5.41) is 6.80. The van der Waals surface area contributed by atoms with E-state index in [1.807, 2.05) is 0 Å². The minimum atomic E-state index is -2.80. The maximum Gasteiger partial charge on any atom is 0.191 e. The minimum absolute atomic E-state index is 0. The zero-order valence-electron chi connectivity index (χ0n) is 13.7. The predicted octanol–water partition coefficient (Wildman–Crippen LogP) is 2.17. The lowest BCUT2D eigenvalue weighted by atomic mass is 9.87. The molecule has 1 heterocycles. The van der Waals surface area contributed by atoms with Crippen LogP contribution >= 0.6 is 24.0 Å². The van der Waals surface area contributed by atoms with Crippen molar-refractivity contribution >= 4 is 39.8 Å². The topological polar surface area (TPSA) is 70.6 Å².